The van der Waals surface area contributed by atoms with Crippen LogP contribution in [0.25, 0.3) is 0 Å². The van der Waals surface area contributed by atoms with Gasteiger partial charge in [0.1, 0.15) is 0 Å². The highest BCUT2D eigenvalue weighted by atomic mass is 35.5. The van der Waals surface area contributed by atoms with Crippen LogP contribution in [-0.4, -0.2) is 88.9 Å². The van der Waals surface area contributed by atoms with Crippen LogP contribution in [0.4, 0.5) is 16.0 Å². The fraction of sp³-hybridized carbons (Fsp3) is 0.727. The lowest BCUT2D eigenvalue weighted by molar-refractivity contribution is -0.154. The van der Waals surface area contributed by atoms with Crippen LogP contribution in [0, 0.1) is 17.7 Å². The van der Waals surface area contributed by atoms with E-state index in [1.165, 1.54) is 0 Å². The number of ether oxygens (including phenoxy) is 1. The predicted molar refractivity (Wildman–Crippen MR) is 126 cm³/mol. The van der Waals surface area contributed by atoms with Gasteiger partial charge in [-0.05, 0) is 30.9 Å². The first-order valence-corrected chi connectivity index (χ1v) is 12.4. The van der Waals surface area contributed by atoms with Crippen molar-refractivity contribution in [2.45, 2.75) is 44.6 Å². The number of nitrogens with zero attached hydrogens (tertiary/aromatic N) is 5. The molecule has 1 aliphatic carbocycles. The lowest BCUT2D eigenvalue weighted by Gasteiger charge is -2.55. The monoisotopic (exact) mass is 513 g/mol. The van der Waals surface area contributed by atoms with Gasteiger partial charge in [0.15, 0.2) is 11.6 Å². The Balaban J connectivity index is 1.39. The zero-order chi connectivity index (χ0) is 25.0. The van der Waals surface area contributed by atoms with Crippen LogP contribution < -0.4 is 15.8 Å². The molecule has 0 aromatic carbocycles. The molecule has 2 aliphatic heterocycles. The number of hydrazine groups is 1. The highest BCUT2D eigenvalue weighted by molar-refractivity contribution is 6.28. The van der Waals surface area contributed by atoms with E-state index in [1.807, 2.05) is 0 Å². The van der Waals surface area contributed by atoms with Gasteiger partial charge in [-0.3, -0.25) is 30.5 Å². The normalized spacial score (nSPS) is 21.3. The fourth-order valence-electron chi connectivity index (χ4n) is 5.33. The molecule has 2 amide bonds. The molecule has 3 heterocycles. The summed E-state index contributed by atoms with van der Waals surface area (Å²) in [5.74, 6) is -1.69. The van der Waals surface area contributed by atoms with Gasteiger partial charge in [0.25, 0.3) is 0 Å². The lowest BCUT2D eigenvalue weighted by Crippen LogP contribution is -2.70. The molecule has 1 saturated carbocycles. The van der Waals surface area contributed by atoms with Crippen molar-refractivity contribution in [3.05, 3.63) is 11.1 Å². The third-order valence-electron chi connectivity index (χ3n) is 7.24. The lowest BCUT2D eigenvalue weighted by atomic mass is 9.89. The third kappa shape index (κ3) is 6.11. The summed E-state index contributed by atoms with van der Waals surface area (Å²) in [5, 5.41) is 9.94. The molecule has 0 spiro atoms. The first-order chi connectivity index (χ1) is 16.8. The average Bonchev–Trinajstić information content (AvgIpc) is 3.35. The Kier molecular flexibility index (Phi) is 8.25. The number of rotatable bonds is 10. The molecule has 35 heavy (non-hydrogen) atoms. The van der Waals surface area contributed by atoms with E-state index in [2.05, 4.69) is 32.6 Å². The van der Waals surface area contributed by atoms with Gasteiger partial charge in [-0.15, -0.1) is 0 Å². The highest BCUT2D eigenvalue weighted by Gasteiger charge is 2.45. The molecule has 0 radical (unpaired) electrons. The number of carbonyl (C=O) groups is 2. The van der Waals surface area contributed by atoms with Gasteiger partial charge in [0.2, 0.25) is 23.4 Å². The molecule has 11 nitrogen and oxygen atoms in total. The quantitative estimate of drug-likeness (QED) is 0.185. The standard InChI is InChI=1S/C22H33ClFN7O4/c1-22(30-6-8-35-9-7-30)12-29(13-22)19-17(24)18(25-21(23)26-19)27-28-20(33)16(11-31(34)14-32)10-15-4-2-3-5-15/h14-16,34H,2-13H2,1H3,(H,28,33)(H,25,26,27)/t16-/m0/s1. The van der Waals surface area contributed by atoms with Crippen molar-refractivity contribution in [3.63, 3.8) is 0 Å². The molecule has 1 aromatic heterocycles. The maximum absolute atomic E-state index is 15.3. The Morgan fingerprint density at radius 3 is 2.69 bits per heavy atom. The number of morpholine rings is 1. The number of anilines is 2. The first-order valence-electron chi connectivity index (χ1n) is 12.1. The van der Waals surface area contributed by atoms with E-state index in [4.69, 9.17) is 16.3 Å². The summed E-state index contributed by atoms with van der Waals surface area (Å²) in [5.41, 5.74) is 4.88. The van der Waals surface area contributed by atoms with Crippen LogP contribution in [0.3, 0.4) is 0 Å². The van der Waals surface area contributed by atoms with Gasteiger partial charge in [-0.1, -0.05) is 25.7 Å². The average molecular weight is 514 g/mol. The van der Waals surface area contributed by atoms with Gasteiger partial charge in [-0.25, -0.2) is 5.06 Å². The highest BCUT2D eigenvalue weighted by Crippen LogP contribution is 2.35. The molecule has 3 fully saturated rings. The molecule has 4 rings (SSSR count). The summed E-state index contributed by atoms with van der Waals surface area (Å²) in [6.07, 6.45) is 4.98. The van der Waals surface area contributed by atoms with Gasteiger partial charge >= 0.3 is 0 Å². The maximum Gasteiger partial charge on any atom is 0.243 e. The largest absolute Gasteiger partial charge is 0.379 e. The van der Waals surface area contributed by atoms with Crippen molar-refractivity contribution >= 4 is 35.6 Å². The molecule has 1 atom stereocenters. The first kappa shape index (κ1) is 25.8. The van der Waals surface area contributed by atoms with E-state index in [0.29, 0.717) is 43.7 Å². The van der Waals surface area contributed by atoms with E-state index in [-0.39, 0.29) is 35.4 Å². The predicted octanol–water partition coefficient (Wildman–Crippen LogP) is 1.67. The van der Waals surface area contributed by atoms with Crippen LogP contribution in [-0.2, 0) is 14.3 Å². The number of hydrogen-bond donors (Lipinski definition) is 3. The van der Waals surface area contributed by atoms with E-state index >= 15 is 4.39 Å². The molecule has 3 N–H and O–H groups in total. The SMILES string of the molecule is CC1(N2CCOCC2)CN(c2nc(Cl)nc(NNC(=O)[C@@H](CC3CCCC3)CN(O)C=O)c2F)C1. The molecule has 1 aromatic rings. The number of carbonyl (C=O) groups excluding carboxylic acids is 2. The minimum Gasteiger partial charge on any atom is -0.379 e. The van der Waals surface area contributed by atoms with E-state index in [0.717, 1.165) is 38.8 Å². The van der Waals surface area contributed by atoms with Gasteiger partial charge in [0, 0.05) is 26.2 Å². The molecular weight excluding hydrogens is 481 g/mol. The minimum absolute atomic E-state index is 0.0671. The molecule has 194 valence electrons. The van der Waals surface area contributed by atoms with Crippen molar-refractivity contribution in [1.82, 2.24) is 25.4 Å². The zero-order valence-electron chi connectivity index (χ0n) is 19.9. The summed E-state index contributed by atoms with van der Waals surface area (Å²) in [4.78, 5) is 35.8. The minimum atomic E-state index is -0.720. The Bertz CT molecular complexity index is 908. The van der Waals surface area contributed by atoms with Gasteiger partial charge in [0.05, 0.1) is 31.2 Å². The number of hydrogen-bond acceptors (Lipinski definition) is 9. The summed E-state index contributed by atoms with van der Waals surface area (Å²) >= 11 is 6.07. The topological polar surface area (TPSA) is 123 Å². The number of amides is 2. The van der Waals surface area contributed by atoms with Gasteiger partial charge < -0.3 is 9.64 Å². The second kappa shape index (κ2) is 11.2. The van der Waals surface area contributed by atoms with E-state index in [9.17, 15) is 14.8 Å². The smallest absolute Gasteiger partial charge is 0.243 e. The number of halogens is 2. The summed E-state index contributed by atoms with van der Waals surface area (Å²) in [7, 11) is 0. The Labute approximate surface area is 208 Å². The van der Waals surface area contributed by atoms with Crippen molar-refractivity contribution < 1.29 is 23.9 Å². The van der Waals surface area contributed by atoms with Crippen molar-refractivity contribution in [2.75, 3.05) is 56.3 Å². The van der Waals surface area contributed by atoms with Crippen LogP contribution >= 0.6 is 11.6 Å². The third-order valence-corrected chi connectivity index (χ3v) is 7.41. The Hall–Kier alpha value is -2.28. The van der Waals surface area contributed by atoms with Crippen molar-refractivity contribution in [3.8, 4) is 0 Å². The summed E-state index contributed by atoms with van der Waals surface area (Å²) in [6.45, 7) is 6.14. The Morgan fingerprint density at radius 2 is 2.03 bits per heavy atom. The van der Waals surface area contributed by atoms with Crippen LogP contribution in [0.5, 0.6) is 0 Å². The molecule has 3 aliphatic rings. The van der Waals surface area contributed by atoms with Crippen LogP contribution in [0.2, 0.25) is 5.28 Å². The fourth-order valence-corrected chi connectivity index (χ4v) is 5.50. The van der Waals surface area contributed by atoms with Crippen molar-refractivity contribution in [2.24, 2.45) is 11.8 Å². The molecular formula is C22H33ClFN7O4. The van der Waals surface area contributed by atoms with E-state index in [1.54, 1.807) is 4.90 Å². The second-order valence-corrected chi connectivity index (χ2v) is 10.2. The van der Waals surface area contributed by atoms with E-state index < -0.39 is 17.6 Å². The number of aromatic nitrogens is 2. The Morgan fingerprint density at radius 1 is 1.34 bits per heavy atom. The molecule has 0 bridgehead atoms. The molecule has 0 unspecified atom stereocenters. The van der Waals surface area contributed by atoms with Crippen molar-refractivity contribution in [1.29, 1.82) is 0 Å². The second-order valence-electron chi connectivity index (χ2n) is 9.86. The summed E-state index contributed by atoms with van der Waals surface area (Å²) in [6, 6.07) is 0. The van der Waals surface area contributed by atoms with Crippen LogP contribution in [0.15, 0.2) is 0 Å². The molecule has 13 heteroatoms. The maximum atomic E-state index is 15.3. The summed E-state index contributed by atoms with van der Waals surface area (Å²) < 4.78 is 20.7. The van der Waals surface area contributed by atoms with Crippen LogP contribution in [0.1, 0.15) is 39.0 Å². The molecule has 2 saturated heterocycles. The van der Waals surface area contributed by atoms with Gasteiger partial charge in [-0.2, -0.15) is 14.4 Å². The zero-order valence-corrected chi connectivity index (χ0v) is 20.6. The number of nitrogens with one attached hydrogen (secondary N) is 2. The number of hydroxylamine groups is 2.